The Morgan fingerprint density at radius 1 is 1.09 bits per heavy atom. The first-order valence-corrected chi connectivity index (χ1v) is 13.1. The molecule has 1 fully saturated rings. The van der Waals surface area contributed by atoms with Crippen LogP contribution < -0.4 is 10.1 Å². The van der Waals surface area contributed by atoms with Crippen molar-refractivity contribution in [3.63, 3.8) is 0 Å². The van der Waals surface area contributed by atoms with Crippen molar-refractivity contribution in [2.75, 3.05) is 19.5 Å². The van der Waals surface area contributed by atoms with E-state index < -0.39 is 24.0 Å². The standard InChI is InChI=1S/C30H24N8O5/c1-42-20-7-5-19(6-8-20)35-25-23(27(25)40)22-13-17-12-16(29(41)43-2)4-9-21(17)24(26(22)39)36-37-28-18(14-31)15-34-38(28)30-32-10-3-11-33-30/h3-13,15,23,25,27,35,39-40H,1-2H3. The van der Waals surface area contributed by atoms with Crippen molar-refractivity contribution in [1.82, 2.24) is 19.7 Å². The second kappa shape index (κ2) is 11.2. The zero-order chi connectivity index (χ0) is 30.1. The molecule has 3 N–H and O–H groups in total. The van der Waals surface area contributed by atoms with Gasteiger partial charge in [0, 0.05) is 34.9 Å². The van der Waals surface area contributed by atoms with E-state index in [1.807, 2.05) is 18.2 Å². The number of azo groups is 1. The smallest absolute Gasteiger partial charge is 0.337 e. The van der Waals surface area contributed by atoms with Crippen LogP contribution in [0, 0.1) is 11.3 Å². The maximum atomic E-state index is 12.3. The molecule has 13 heteroatoms. The molecule has 43 heavy (non-hydrogen) atoms. The number of nitriles is 1. The number of phenolic OH excluding ortho intramolecular Hbond substituents is 1. The van der Waals surface area contributed by atoms with Crippen molar-refractivity contribution in [3.05, 3.63) is 89.9 Å². The number of methoxy groups -OCH3 is 2. The summed E-state index contributed by atoms with van der Waals surface area (Å²) in [4.78, 5) is 20.6. The quantitative estimate of drug-likeness (QED) is 0.175. The Labute approximate surface area is 244 Å². The van der Waals surface area contributed by atoms with E-state index in [-0.39, 0.29) is 28.8 Å². The van der Waals surface area contributed by atoms with Crippen LogP contribution in [0.2, 0.25) is 0 Å². The minimum absolute atomic E-state index is 0.0586. The number of carbonyl (C=O) groups excluding carboxylic acids is 1. The molecular formula is C30H24N8O5. The minimum atomic E-state index is -0.819. The second-order valence-corrected chi connectivity index (χ2v) is 9.66. The third-order valence-electron chi connectivity index (χ3n) is 7.15. The van der Waals surface area contributed by atoms with Gasteiger partial charge in [-0.1, -0.05) is 6.07 Å². The lowest BCUT2D eigenvalue weighted by Crippen LogP contribution is -2.07. The number of hydrogen-bond acceptors (Lipinski definition) is 12. The fraction of sp³-hybridized carbons (Fsp3) is 0.167. The molecule has 0 amide bonds. The molecule has 214 valence electrons. The number of carbonyl (C=O) groups is 1. The number of ether oxygens (including phenoxy) is 2. The number of benzene rings is 3. The van der Waals surface area contributed by atoms with Gasteiger partial charge in [-0.15, -0.1) is 10.2 Å². The minimum Gasteiger partial charge on any atom is -0.505 e. The Bertz CT molecular complexity index is 1900. The van der Waals surface area contributed by atoms with Gasteiger partial charge in [-0.2, -0.15) is 15.0 Å². The van der Waals surface area contributed by atoms with Crippen LogP contribution in [0.4, 0.5) is 17.2 Å². The van der Waals surface area contributed by atoms with Gasteiger partial charge in [0.25, 0.3) is 5.95 Å². The van der Waals surface area contributed by atoms with Crippen molar-refractivity contribution in [2.24, 2.45) is 10.2 Å². The Morgan fingerprint density at radius 3 is 2.56 bits per heavy atom. The SMILES string of the molecule is COC(=O)c1ccc2c(N=Nc3c(C#N)cnn3-c3ncccn3)c(O)c(C3C(O)C3Nc3ccc(OC)cc3)cc2c1. The highest BCUT2D eigenvalue weighted by Crippen LogP contribution is 2.51. The molecule has 6 rings (SSSR count). The van der Waals surface area contributed by atoms with Crippen LogP contribution in [0.25, 0.3) is 16.7 Å². The first-order chi connectivity index (χ1) is 20.9. The summed E-state index contributed by atoms with van der Waals surface area (Å²) in [6.07, 6.45) is 3.55. The first kappa shape index (κ1) is 27.3. The molecule has 0 aliphatic heterocycles. The van der Waals surface area contributed by atoms with Crippen LogP contribution >= 0.6 is 0 Å². The molecular weight excluding hydrogens is 552 g/mol. The fourth-order valence-electron chi connectivity index (χ4n) is 4.89. The van der Waals surface area contributed by atoms with E-state index >= 15 is 0 Å². The summed E-state index contributed by atoms with van der Waals surface area (Å²) in [7, 11) is 2.87. The number of nitrogens with zero attached hydrogens (tertiary/aromatic N) is 7. The monoisotopic (exact) mass is 576 g/mol. The number of anilines is 1. The van der Waals surface area contributed by atoms with Gasteiger partial charge < -0.3 is 25.0 Å². The highest BCUT2D eigenvalue weighted by molar-refractivity contribution is 6.01. The molecule has 1 aliphatic rings. The van der Waals surface area contributed by atoms with Gasteiger partial charge in [-0.25, -0.2) is 14.8 Å². The summed E-state index contributed by atoms with van der Waals surface area (Å²) < 4.78 is 11.4. The number of aliphatic hydroxyl groups excluding tert-OH is 1. The third kappa shape index (κ3) is 5.07. The molecule has 2 aromatic heterocycles. The molecule has 1 saturated carbocycles. The third-order valence-corrected chi connectivity index (χ3v) is 7.15. The highest BCUT2D eigenvalue weighted by atomic mass is 16.5. The van der Waals surface area contributed by atoms with E-state index in [2.05, 4.69) is 30.6 Å². The summed E-state index contributed by atoms with van der Waals surface area (Å²) in [6, 6.07) is 17.0. The van der Waals surface area contributed by atoms with Gasteiger partial charge in [0.05, 0.1) is 38.1 Å². The Balaban J connectivity index is 1.44. The van der Waals surface area contributed by atoms with Crippen LogP contribution in [-0.2, 0) is 4.74 Å². The number of phenols is 1. The number of aromatic hydroxyl groups is 1. The van der Waals surface area contributed by atoms with E-state index in [9.17, 15) is 20.3 Å². The largest absolute Gasteiger partial charge is 0.505 e. The Hall–Kier alpha value is -5.87. The average Bonchev–Trinajstić information content (AvgIpc) is 3.47. The molecule has 5 aromatic rings. The van der Waals surface area contributed by atoms with Gasteiger partial charge in [-0.05, 0) is 53.9 Å². The fourth-order valence-corrected chi connectivity index (χ4v) is 4.89. The average molecular weight is 577 g/mol. The molecule has 3 aromatic carbocycles. The number of nitrogens with one attached hydrogen (secondary N) is 1. The molecule has 0 bridgehead atoms. The normalized spacial score (nSPS) is 17.5. The Morgan fingerprint density at radius 2 is 1.86 bits per heavy atom. The van der Waals surface area contributed by atoms with Crippen LogP contribution in [0.3, 0.4) is 0 Å². The molecule has 0 spiro atoms. The highest BCUT2D eigenvalue weighted by Gasteiger charge is 2.52. The van der Waals surface area contributed by atoms with Crippen LogP contribution in [-0.4, -0.2) is 62.3 Å². The van der Waals surface area contributed by atoms with E-state index in [1.165, 1.54) is 30.4 Å². The Kier molecular flexibility index (Phi) is 7.10. The van der Waals surface area contributed by atoms with Crippen molar-refractivity contribution in [2.45, 2.75) is 18.1 Å². The molecule has 3 unspecified atom stereocenters. The van der Waals surface area contributed by atoms with Crippen LogP contribution in [0.1, 0.15) is 27.4 Å². The molecule has 3 atom stereocenters. The summed E-state index contributed by atoms with van der Waals surface area (Å²) in [5.41, 5.74) is 1.66. The van der Waals surface area contributed by atoms with E-state index in [0.717, 1.165) is 5.69 Å². The number of aliphatic hydroxyl groups is 1. The topological polar surface area (TPSA) is 180 Å². The van der Waals surface area contributed by atoms with Crippen LogP contribution in [0.15, 0.2) is 83.4 Å². The second-order valence-electron chi connectivity index (χ2n) is 9.66. The predicted octanol–water partition coefficient (Wildman–Crippen LogP) is 4.54. The molecule has 13 nitrogen and oxygen atoms in total. The lowest BCUT2D eigenvalue weighted by atomic mass is 9.98. The van der Waals surface area contributed by atoms with Gasteiger partial charge in [0.1, 0.15) is 28.8 Å². The van der Waals surface area contributed by atoms with Gasteiger partial charge >= 0.3 is 5.97 Å². The number of hydrogen-bond donors (Lipinski definition) is 3. The van der Waals surface area contributed by atoms with Crippen molar-refractivity contribution in [3.8, 4) is 23.5 Å². The van der Waals surface area contributed by atoms with Crippen molar-refractivity contribution in [1.29, 1.82) is 5.26 Å². The van der Waals surface area contributed by atoms with Crippen molar-refractivity contribution >= 4 is 33.9 Å². The molecule has 0 saturated heterocycles. The summed E-state index contributed by atoms with van der Waals surface area (Å²) >= 11 is 0. The lowest BCUT2D eigenvalue weighted by molar-refractivity contribution is 0.0601. The number of esters is 1. The molecule has 2 heterocycles. The number of aromatic nitrogens is 4. The van der Waals surface area contributed by atoms with Gasteiger partial charge in [-0.3, -0.25) is 0 Å². The van der Waals surface area contributed by atoms with Crippen molar-refractivity contribution < 1.29 is 24.5 Å². The zero-order valence-electron chi connectivity index (χ0n) is 22.9. The summed E-state index contributed by atoms with van der Waals surface area (Å²) in [5.74, 6) is -0.302. The van der Waals surface area contributed by atoms with Gasteiger partial charge in [0.15, 0.2) is 5.82 Å². The maximum Gasteiger partial charge on any atom is 0.337 e. The molecule has 0 radical (unpaired) electrons. The van der Waals surface area contributed by atoms with Crippen LogP contribution in [0.5, 0.6) is 11.5 Å². The number of fused-ring (bicyclic) bond motifs is 1. The maximum absolute atomic E-state index is 12.3. The predicted molar refractivity (Wildman–Crippen MR) is 154 cm³/mol. The first-order valence-electron chi connectivity index (χ1n) is 13.1. The number of rotatable bonds is 8. The lowest BCUT2D eigenvalue weighted by Gasteiger charge is -2.12. The summed E-state index contributed by atoms with van der Waals surface area (Å²) in [6.45, 7) is 0. The molecule has 1 aliphatic carbocycles. The zero-order valence-corrected chi connectivity index (χ0v) is 22.9. The van der Waals surface area contributed by atoms with E-state index in [1.54, 1.807) is 49.6 Å². The van der Waals surface area contributed by atoms with E-state index in [4.69, 9.17) is 9.47 Å². The van der Waals surface area contributed by atoms with E-state index in [0.29, 0.717) is 27.6 Å². The summed E-state index contributed by atoms with van der Waals surface area (Å²) in [5, 5.41) is 49.2. The van der Waals surface area contributed by atoms with Gasteiger partial charge in [0.2, 0.25) is 0 Å².